The Morgan fingerprint density at radius 3 is 2.43 bits per heavy atom. The number of hydrogen-bond donors (Lipinski definition) is 1. The predicted molar refractivity (Wildman–Crippen MR) is 121 cm³/mol. The van der Waals surface area contributed by atoms with Crippen LogP contribution in [0.5, 0.6) is 5.88 Å². The maximum absolute atomic E-state index is 6.19. The Hall–Kier alpha value is -2.17. The number of hydrogen-bond acceptors (Lipinski definition) is 6. The van der Waals surface area contributed by atoms with Crippen molar-refractivity contribution in [2.45, 2.75) is 32.9 Å². The largest absolute Gasteiger partial charge is 0.472 e. The van der Waals surface area contributed by atoms with Crippen LogP contribution in [0.2, 0.25) is 0 Å². The van der Waals surface area contributed by atoms with Gasteiger partial charge in [-0.2, -0.15) is 0 Å². The summed E-state index contributed by atoms with van der Waals surface area (Å²) in [6.45, 7) is 9.62. The van der Waals surface area contributed by atoms with Crippen molar-refractivity contribution in [3.63, 3.8) is 0 Å². The number of anilines is 1. The van der Waals surface area contributed by atoms with Crippen LogP contribution in [0.15, 0.2) is 41.7 Å². The lowest BCUT2D eigenvalue weighted by atomic mass is 10.2. The highest BCUT2D eigenvalue weighted by Gasteiger charge is 2.20. The second-order valence-electron chi connectivity index (χ2n) is 7.38. The van der Waals surface area contributed by atoms with E-state index in [1.165, 1.54) is 0 Å². The summed E-state index contributed by atoms with van der Waals surface area (Å²) in [7, 11) is 0. The van der Waals surface area contributed by atoms with E-state index in [0.717, 1.165) is 37.8 Å². The zero-order chi connectivity index (χ0) is 19.3. The van der Waals surface area contributed by atoms with Gasteiger partial charge in [0.05, 0.1) is 12.2 Å². The Morgan fingerprint density at radius 2 is 1.79 bits per heavy atom. The first-order valence-corrected chi connectivity index (χ1v) is 9.12. The van der Waals surface area contributed by atoms with E-state index in [9.17, 15) is 0 Å². The van der Waals surface area contributed by atoms with Crippen LogP contribution in [0.25, 0.3) is 0 Å². The van der Waals surface area contributed by atoms with Gasteiger partial charge >= 0.3 is 0 Å². The molecule has 1 aliphatic heterocycles. The number of rotatable bonds is 4. The number of halogens is 1. The lowest BCUT2D eigenvalue weighted by Gasteiger charge is -2.35. The maximum atomic E-state index is 6.19. The molecule has 2 N–H and O–H groups in total. The van der Waals surface area contributed by atoms with Crippen molar-refractivity contribution < 1.29 is 4.74 Å². The molecular formula is C19H28IN7O. The highest BCUT2D eigenvalue weighted by molar-refractivity contribution is 14.0. The lowest BCUT2D eigenvalue weighted by molar-refractivity contribution is 0.124. The van der Waals surface area contributed by atoms with E-state index in [4.69, 9.17) is 10.5 Å². The summed E-state index contributed by atoms with van der Waals surface area (Å²) in [6.07, 6.45) is 3.52. The van der Waals surface area contributed by atoms with Crippen LogP contribution in [0.4, 0.5) is 5.95 Å². The molecule has 0 spiro atoms. The number of aliphatic imine (C=N–C) groups is 1. The fourth-order valence-electron chi connectivity index (χ4n) is 2.77. The molecule has 0 saturated carbocycles. The Labute approximate surface area is 183 Å². The molecule has 1 aliphatic rings. The minimum absolute atomic E-state index is 0. The van der Waals surface area contributed by atoms with Gasteiger partial charge in [0, 0.05) is 44.6 Å². The van der Waals surface area contributed by atoms with Crippen LogP contribution >= 0.6 is 24.0 Å². The van der Waals surface area contributed by atoms with E-state index >= 15 is 0 Å². The van der Waals surface area contributed by atoms with Crippen molar-refractivity contribution in [2.75, 3.05) is 31.1 Å². The van der Waals surface area contributed by atoms with Crippen molar-refractivity contribution in [2.24, 2.45) is 10.7 Å². The van der Waals surface area contributed by atoms with Gasteiger partial charge in [-0.25, -0.2) is 19.9 Å². The van der Waals surface area contributed by atoms with Gasteiger partial charge in [0.2, 0.25) is 11.8 Å². The van der Waals surface area contributed by atoms with E-state index in [1.54, 1.807) is 12.4 Å². The molecule has 2 aromatic rings. The molecule has 1 saturated heterocycles. The first kappa shape index (κ1) is 22.1. The summed E-state index contributed by atoms with van der Waals surface area (Å²) < 4.78 is 5.80. The standard InChI is InChI=1S/C19H27N7O.HI/c1-19(2,3)27-16-7-4-6-15(24-16)14-23-17(20)25-10-12-26(13-11-25)18-21-8-5-9-22-18;/h4-9H,10-14H2,1-3H3,(H2,20,23);1H. The van der Waals surface area contributed by atoms with E-state index in [2.05, 4.69) is 29.7 Å². The maximum Gasteiger partial charge on any atom is 0.225 e. The molecule has 152 valence electrons. The second kappa shape index (κ2) is 9.85. The van der Waals surface area contributed by atoms with Gasteiger partial charge in [0.25, 0.3) is 0 Å². The third-order valence-corrected chi connectivity index (χ3v) is 4.03. The highest BCUT2D eigenvalue weighted by atomic mass is 127. The molecule has 3 heterocycles. The van der Waals surface area contributed by atoms with Gasteiger partial charge in [-0.3, -0.25) is 0 Å². The molecule has 28 heavy (non-hydrogen) atoms. The molecule has 2 aromatic heterocycles. The molecule has 0 atom stereocenters. The third kappa shape index (κ3) is 6.47. The van der Waals surface area contributed by atoms with Crippen LogP contribution in [-0.2, 0) is 6.54 Å². The SMILES string of the molecule is CC(C)(C)Oc1cccc(CN=C(N)N2CCN(c3ncccn3)CC2)n1.I. The van der Waals surface area contributed by atoms with E-state index in [0.29, 0.717) is 18.4 Å². The van der Waals surface area contributed by atoms with E-state index in [1.807, 2.05) is 45.0 Å². The van der Waals surface area contributed by atoms with Crippen LogP contribution in [0.3, 0.4) is 0 Å². The van der Waals surface area contributed by atoms with Crippen molar-refractivity contribution in [1.82, 2.24) is 19.9 Å². The number of nitrogens with two attached hydrogens (primary N) is 1. The summed E-state index contributed by atoms with van der Waals surface area (Å²) >= 11 is 0. The van der Waals surface area contributed by atoms with Crippen LogP contribution in [0, 0.1) is 0 Å². The number of guanidine groups is 1. The molecule has 1 fully saturated rings. The molecule has 0 unspecified atom stereocenters. The summed E-state index contributed by atoms with van der Waals surface area (Å²) in [5.41, 5.74) is 6.74. The number of ether oxygens (including phenoxy) is 1. The van der Waals surface area contributed by atoms with Gasteiger partial charge in [0.15, 0.2) is 5.96 Å². The highest BCUT2D eigenvalue weighted by Crippen LogP contribution is 2.16. The molecule has 0 aliphatic carbocycles. The van der Waals surface area contributed by atoms with E-state index in [-0.39, 0.29) is 29.6 Å². The fraction of sp³-hybridized carbons (Fsp3) is 0.474. The number of piperazine rings is 1. The van der Waals surface area contributed by atoms with Gasteiger partial charge < -0.3 is 20.3 Å². The molecule has 0 aromatic carbocycles. The normalized spacial score (nSPS) is 15.2. The Bertz CT molecular complexity index is 771. The number of nitrogens with zero attached hydrogens (tertiary/aromatic N) is 6. The molecule has 8 nitrogen and oxygen atoms in total. The fourth-order valence-corrected chi connectivity index (χ4v) is 2.77. The van der Waals surface area contributed by atoms with Gasteiger partial charge in [-0.15, -0.1) is 24.0 Å². The average molecular weight is 497 g/mol. The Morgan fingerprint density at radius 1 is 1.11 bits per heavy atom. The van der Waals surface area contributed by atoms with Crippen molar-refractivity contribution in [3.05, 3.63) is 42.4 Å². The number of pyridine rings is 1. The molecule has 0 bridgehead atoms. The summed E-state index contributed by atoms with van der Waals surface area (Å²) in [5, 5.41) is 0. The lowest BCUT2D eigenvalue weighted by Crippen LogP contribution is -2.51. The quantitative estimate of drug-likeness (QED) is 0.394. The van der Waals surface area contributed by atoms with Gasteiger partial charge in [-0.05, 0) is 32.9 Å². The topological polar surface area (TPSA) is 92.8 Å². The van der Waals surface area contributed by atoms with Crippen LogP contribution in [0.1, 0.15) is 26.5 Å². The summed E-state index contributed by atoms with van der Waals surface area (Å²) in [6, 6.07) is 7.53. The third-order valence-electron chi connectivity index (χ3n) is 4.03. The summed E-state index contributed by atoms with van der Waals surface area (Å²) in [4.78, 5) is 21.8. The van der Waals surface area contributed by atoms with Crippen molar-refractivity contribution in [1.29, 1.82) is 0 Å². The summed E-state index contributed by atoms with van der Waals surface area (Å²) in [5.74, 6) is 1.89. The smallest absolute Gasteiger partial charge is 0.225 e. The number of aromatic nitrogens is 3. The minimum Gasteiger partial charge on any atom is -0.472 e. The minimum atomic E-state index is -0.282. The molecule has 3 rings (SSSR count). The molecular weight excluding hydrogens is 469 g/mol. The van der Waals surface area contributed by atoms with Gasteiger partial charge in [0.1, 0.15) is 5.60 Å². The first-order valence-electron chi connectivity index (χ1n) is 9.12. The van der Waals surface area contributed by atoms with Crippen molar-refractivity contribution in [3.8, 4) is 5.88 Å². The second-order valence-corrected chi connectivity index (χ2v) is 7.38. The van der Waals surface area contributed by atoms with Gasteiger partial charge in [-0.1, -0.05) is 6.07 Å². The molecule has 0 amide bonds. The molecule has 0 radical (unpaired) electrons. The monoisotopic (exact) mass is 497 g/mol. The van der Waals surface area contributed by atoms with E-state index < -0.39 is 0 Å². The van der Waals surface area contributed by atoms with Crippen LogP contribution in [-0.4, -0.2) is 57.6 Å². The first-order chi connectivity index (χ1) is 12.9. The predicted octanol–water partition coefficient (Wildman–Crippen LogP) is 2.30. The average Bonchev–Trinajstić information content (AvgIpc) is 2.66. The van der Waals surface area contributed by atoms with Crippen molar-refractivity contribution >= 4 is 35.9 Å². The Balaban J connectivity index is 0.00000280. The zero-order valence-corrected chi connectivity index (χ0v) is 18.9. The Kier molecular flexibility index (Phi) is 7.78. The van der Waals surface area contributed by atoms with Crippen LogP contribution < -0.4 is 15.4 Å². The zero-order valence-electron chi connectivity index (χ0n) is 16.6. The molecule has 9 heteroatoms.